The molecule has 3 atom stereocenters. The molecule has 1 aromatic rings. The lowest BCUT2D eigenvalue weighted by atomic mass is 10.1. The van der Waals surface area contributed by atoms with Gasteiger partial charge in [0.05, 0.1) is 6.10 Å². The molecule has 1 N–H and O–H groups in total. The summed E-state index contributed by atoms with van der Waals surface area (Å²) in [4.78, 5) is 2.45. The van der Waals surface area contributed by atoms with Gasteiger partial charge in [-0.15, -0.1) is 0 Å². The van der Waals surface area contributed by atoms with Crippen molar-refractivity contribution < 1.29 is 5.11 Å². The Bertz CT molecular complexity index is 344. The summed E-state index contributed by atoms with van der Waals surface area (Å²) < 4.78 is 0. The molecule has 1 fully saturated rings. The fourth-order valence-electron chi connectivity index (χ4n) is 2.60. The van der Waals surface area contributed by atoms with Crippen LogP contribution in [0, 0.1) is 5.92 Å². The van der Waals surface area contributed by atoms with Gasteiger partial charge >= 0.3 is 0 Å². The van der Waals surface area contributed by atoms with Crippen LogP contribution in [0.4, 0.5) is 5.69 Å². The molecule has 0 spiro atoms. The number of benzene rings is 1. The highest BCUT2D eigenvalue weighted by molar-refractivity contribution is 5.49. The van der Waals surface area contributed by atoms with E-state index in [1.165, 1.54) is 12.1 Å². The van der Waals surface area contributed by atoms with E-state index >= 15 is 0 Å². The molecule has 2 nitrogen and oxygen atoms in total. The molecule has 2 rings (SSSR count). The zero-order valence-corrected chi connectivity index (χ0v) is 10.4. The minimum atomic E-state index is -0.371. The molecular formula is C14H21NO. The normalized spacial score (nSPS) is 27.1. The maximum atomic E-state index is 9.46. The topological polar surface area (TPSA) is 23.5 Å². The fraction of sp³-hybridized carbons (Fsp3) is 0.571. The van der Waals surface area contributed by atoms with Gasteiger partial charge in [-0.3, -0.25) is 0 Å². The van der Waals surface area contributed by atoms with E-state index in [0.717, 1.165) is 18.0 Å². The van der Waals surface area contributed by atoms with E-state index in [1.54, 1.807) is 6.92 Å². The molecule has 1 aromatic carbocycles. The van der Waals surface area contributed by atoms with Gasteiger partial charge in [-0.2, -0.15) is 0 Å². The van der Waals surface area contributed by atoms with Gasteiger partial charge in [-0.1, -0.05) is 19.1 Å². The lowest BCUT2D eigenvalue weighted by Crippen LogP contribution is -2.26. The number of rotatable bonds is 2. The standard InChI is InChI=1S/C14H21NO/c1-10-8-11(2)15(9-10)14-6-4-13(5-7-14)12(3)16/h4-7,10-12,16H,8-9H2,1-3H3. The van der Waals surface area contributed by atoms with Crippen LogP contribution in [-0.4, -0.2) is 17.7 Å². The zero-order chi connectivity index (χ0) is 11.7. The average molecular weight is 219 g/mol. The van der Waals surface area contributed by atoms with E-state index in [9.17, 15) is 5.11 Å². The van der Waals surface area contributed by atoms with Crippen molar-refractivity contribution in [1.82, 2.24) is 0 Å². The number of hydrogen-bond acceptors (Lipinski definition) is 2. The van der Waals surface area contributed by atoms with Crippen LogP contribution in [0.2, 0.25) is 0 Å². The van der Waals surface area contributed by atoms with Crippen molar-refractivity contribution in [3.63, 3.8) is 0 Å². The summed E-state index contributed by atoms with van der Waals surface area (Å²) >= 11 is 0. The highest BCUT2D eigenvalue weighted by Gasteiger charge is 2.25. The summed E-state index contributed by atoms with van der Waals surface area (Å²) in [5, 5.41) is 9.46. The van der Waals surface area contributed by atoms with E-state index in [0.29, 0.717) is 6.04 Å². The molecule has 0 saturated carbocycles. The van der Waals surface area contributed by atoms with Crippen LogP contribution >= 0.6 is 0 Å². The Hall–Kier alpha value is -1.02. The Labute approximate surface area is 97.9 Å². The quantitative estimate of drug-likeness (QED) is 0.826. The van der Waals surface area contributed by atoms with Crippen LogP contribution in [0.1, 0.15) is 38.9 Å². The number of aliphatic hydroxyl groups is 1. The lowest BCUT2D eigenvalue weighted by Gasteiger charge is -2.24. The largest absolute Gasteiger partial charge is 0.389 e. The van der Waals surface area contributed by atoms with Crippen molar-refractivity contribution in [2.75, 3.05) is 11.4 Å². The molecule has 2 heteroatoms. The second-order valence-electron chi connectivity index (χ2n) is 5.11. The summed E-state index contributed by atoms with van der Waals surface area (Å²) in [5.41, 5.74) is 2.27. The summed E-state index contributed by atoms with van der Waals surface area (Å²) in [7, 11) is 0. The third-order valence-corrected chi connectivity index (χ3v) is 3.49. The van der Waals surface area contributed by atoms with E-state index < -0.39 is 0 Å². The van der Waals surface area contributed by atoms with Gasteiger partial charge in [0.25, 0.3) is 0 Å². The molecule has 0 bridgehead atoms. The van der Waals surface area contributed by atoms with Crippen molar-refractivity contribution in [2.24, 2.45) is 5.92 Å². The Kier molecular flexibility index (Phi) is 3.20. The van der Waals surface area contributed by atoms with Gasteiger partial charge in [0, 0.05) is 18.3 Å². The smallest absolute Gasteiger partial charge is 0.0761 e. The number of hydrogen-bond donors (Lipinski definition) is 1. The van der Waals surface area contributed by atoms with Crippen LogP contribution in [0.5, 0.6) is 0 Å². The fourth-order valence-corrected chi connectivity index (χ4v) is 2.60. The first-order chi connectivity index (χ1) is 7.58. The van der Waals surface area contributed by atoms with Crippen molar-refractivity contribution in [2.45, 2.75) is 39.3 Å². The predicted molar refractivity (Wildman–Crippen MR) is 67.7 cm³/mol. The van der Waals surface area contributed by atoms with Gasteiger partial charge in [0.2, 0.25) is 0 Å². The maximum Gasteiger partial charge on any atom is 0.0761 e. The van der Waals surface area contributed by atoms with Gasteiger partial charge in [0.15, 0.2) is 0 Å². The molecule has 16 heavy (non-hydrogen) atoms. The lowest BCUT2D eigenvalue weighted by molar-refractivity contribution is 0.199. The average Bonchev–Trinajstić information content (AvgIpc) is 2.58. The number of nitrogens with zero attached hydrogens (tertiary/aromatic N) is 1. The van der Waals surface area contributed by atoms with Gasteiger partial charge < -0.3 is 10.0 Å². The molecule has 0 aromatic heterocycles. The number of aliphatic hydroxyl groups excluding tert-OH is 1. The number of anilines is 1. The van der Waals surface area contributed by atoms with Crippen molar-refractivity contribution in [3.8, 4) is 0 Å². The molecule has 1 saturated heterocycles. The van der Waals surface area contributed by atoms with Gasteiger partial charge in [0.1, 0.15) is 0 Å². The predicted octanol–water partition coefficient (Wildman–Crippen LogP) is 2.97. The first kappa shape index (κ1) is 11.5. The Morgan fingerprint density at radius 1 is 1.25 bits per heavy atom. The van der Waals surface area contributed by atoms with Crippen LogP contribution in [-0.2, 0) is 0 Å². The highest BCUT2D eigenvalue weighted by Crippen LogP contribution is 2.29. The van der Waals surface area contributed by atoms with Crippen molar-refractivity contribution in [1.29, 1.82) is 0 Å². The monoisotopic (exact) mass is 219 g/mol. The summed E-state index contributed by atoms with van der Waals surface area (Å²) in [6.45, 7) is 7.54. The molecule has 0 amide bonds. The minimum Gasteiger partial charge on any atom is -0.389 e. The molecule has 3 unspecified atom stereocenters. The highest BCUT2D eigenvalue weighted by atomic mass is 16.3. The first-order valence-corrected chi connectivity index (χ1v) is 6.12. The van der Waals surface area contributed by atoms with Crippen molar-refractivity contribution in [3.05, 3.63) is 29.8 Å². The zero-order valence-electron chi connectivity index (χ0n) is 10.4. The Balaban J connectivity index is 2.15. The second-order valence-corrected chi connectivity index (χ2v) is 5.11. The minimum absolute atomic E-state index is 0.371. The molecule has 1 heterocycles. The van der Waals surface area contributed by atoms with Gasteiger partial charge in [-0.25, -0.2) is 0 Å². The third kappa shape index (κ3) is 2.22. The second kappa shape index (κ2) is 4.46. The van der Waals surface area contributed by atoms with Crippen LogP contribution in [0.25, 0.3) is 0 Å². The molecule has 88 valence electrons. The van der Waals surface area contributed by atoms with Crippen molar-refractivity contribution >= 4 is 5.69 Å². The third-order valence-electron chi connectivity index (χ3n) is 3.49. The SMILES string of the molecule is CC1CC(C)N(c2ccc(C(C)O)cc2)C1. The van der Waals surface area contributed by atoms with Crippen LogP contribution < -0.4 is 4.90 Å². The molecule has 0 radical (unpaired) electrons. The van der Waals surface area contributed by atoms with E-state index in [4.69, 9.17) is 0 Å². The summed E-state index contributed by atoms with van der Waals surface area (Å²) in [6.07, 6.45) is 0.905. The maximum absolute atomic E-state index is 9.46. The Morgan fingerprint density at radius 3 is 2.31 bits per heavy atom. The Morgan fingerprint density at radius 2 is 1.88 bits per heavy atom. The van der Waals surface area contributed by atoms with E-state index in [2.05, 4.69) is 30.9 Å². The van der Waals surface area contributed by atoms with E-state index in [1.807, 2.05) is 12.1 Å². The van der Waals surface area contributed by atoms with Crippen LogP contribution in [0.15, 0.2) is 24.3 Å². The molecule has 1 aliphatic heterocycles. The van der Waals surface area contributed by atoms with E-state index in [-0.39, 0.29) is 6.10 Å². The molecule has 1 aliphatic rings. The molecular weight excluding hydrogens is 198 g/mol. The summed E-state index contributed by atoms with van der Waals surface area (Å²) in [6, 6.07) is 8.92. The first-order valence-electron chi connectivity index (χ1n) is 6.12. The van der Waals surface area contributed by atoms with Crippen LogP contribution in [0.3, 0.4) is 0 Å². The van der Waals surface area contributed by atoms with Gasteiger partial charge in [-0.05, 0) is 43.9 Å². The summed E-state index contributed by atoms with van der Waals surface area (Å²) in [5.74, 6) is 0.784. The molecule has 0 aliphatic carbocycles.